The van der Waals surface area contributed by atoms with Gasteiger partial charge in [0.2, 0.25) is 5.91 Å². The fraction of sp³-hybridized carbons (Fsp3) is 0.455. The Hall–Kier alpha value is -2.18. The summed E-state index contributed by atoms with van der Waals surface area (Å²) >= 11 is 0. The molecule has 7 heteroatoms. The van der Waals surface area contributed by atoms with Crippen LogP contribution in [0.25, 0.3) is 0 Å². The first-order chi connectivity index (χ1) is 8.49. The van der Waals surface area contributed by atoms with E-state index in [1.54, 1.807) is 0 Å². The summed E-state index contributed by atoms with van der Waals surface area (Å²) in [7, 11) is 0. The highest BCUT2D eigenvalue weighted by atomic mass is 16.4. The topological polar surface area (TPSA) is 104 Å². The van der Waals surface area contributed by atoms with Crippen LogP contribution in [0.15, 0.2) is 12.4 Å². The van der Waals surface area contributed by atoms with Crippen molar-refractivity contribution in [2.24, 2.45) is 0 Å². The molecule has 0 aliphatic rings. The molecule has 0 aliphatic carbocycles. The number of hydrogen-bond donors (Lipinski definition) is 3. The summed E-state index contributed by atoms with van der Waals surface area (Å²) < 4.78 is 0. The van der Waals surface area contributed by atoms with Crippen molar-refractivity contribution in [3.05, 3.63) is 18.1 Å². The quantitative estimate of drug-likeness (QED) is 0.681. The number of aromatic carboxylic acids is 1. The lowest BCUT2D eigenvalue weighted by atomic mass is 10.3. The van der Waals surface area contributed by atoms with Crippen LogP contribution in [-0.4, -0.2) is 39.5 Å². The van der Waals surface area contributed by atoms with E-state index < -0.39 is 5.97 Å². The SMILES string of the molecule is CC(C)NC(=O)CCNc1cncc(C(=O)O)n1. The molecule has 0 fully saturated rings. The van der Waals surface area contributed by atoms with Crippen molar-refractivity contribution in [3.63, 3.8) is 0 Å². The average Bonchev–Trinajstić information content (AvgIpc) is 2.28. The third-order valence-corrected chi connectivity index (χ3v) is 1.96. The summed E-state index contributed by atoms with van der Waals surface area (Å²) in [5, 5.41) is 14.3. The highest BCUT2D eigenvalue weighted by Crippen LogP contribution is 2.02. The lowest BCUT2D eigenvalue weighted by Gasteiger charge is -2.09. The van der Waals surface area contributed by atoms with Gasteiger partial charge in [-0.2, -0.15) is 0 Å². The molecule has 0 atom stereocenters. The normalized spacial score (nSPS) is 10.2. The maximum absolute atomic E-state index is 11.3. The van der Waals surface area contributed by atoms with E-state index in [1.165, 1.54) is 12.4 Å². The second kappa shape index (κ2) is 6.53. The Morgan fingerprint density at radius 2 is 2.11 bits per heavy atom. The smallest absolute Gasteiger partial charge is 0.356 e. The average molecular weight is 252 g/mol. The standard InChI is InChI=1S/C11H16N4O3/c1-7(2)14-10(16)3-4-13-9-6-12-5-8(15-9)11(17)18/h5-7H,3-4H2,1-2H3,(H,13,15)(H,14,16)(H,17,18). The van der Waals surface area contributed by atoms with E-state index in [0.717, 1.165) is 0 Å². The lowest BCUT2D eigenvalue weighted by molar-refractivity contribution is -0.121. The molecular formula is C11H16N4O3. The second-order valence-electron chi connectivity index (χ2n) is 3.99. The second-order valence-corrected chi connectivity index (χ2v) is 3.99. The number of carboxylic acids is 1. The van der Waals surface area contributed by atoms with Crippen molar-refractivity contribution in [1.29, 1.82) is 0 Å². The molecule has 1 aromatic rings. The predicted octanol–water partition coefficient (Wildman–Crippen LogP) is 0.501. The molecule has 1 heterocycles. The summed E-state index contributed by atoms with van der Waals surface area (Å²) in [6.07, 6.45) is 2.86. The fourth-order valence-corrected chi connectivity index (χ4v) is 1.25. The molecule has 98 valence electrons. The summed E-state index contributed by atoms with van der Waals surface area (Å²) in [6, 6.07) is 0.104. The van der Waals surface area contributed by atoms with Gasteiger partial charge in [-0.3, -0.25) is 9.78 Å². The van der Waals surface area contributed by atoms with Crippen molar-refractivity contribution < 1.29 is 14.7 Å². The van der Waals surface area contributed by atoms with Crippen molar-refractivity contribution in [3.8, 4) is 0 Å². The molecule has 0 spiro atoms. The van der Waals surface area contributed by atoms with Gasteiger partial charge in [0.25, 0.3) is 0 Å². The van der Waals surface area contributed by atoms with Crippen molar-refractivity contribution in [2.45, 2.75) is 26.3 Å². The van der Waals surface area contributed by atoms with Gasteiger partial charge in [-0.1, -0.05) is 0 Å². The van der Waals surface area contributed by atoms with Gasteiger partial charge in [-0.25, -0.2) is 9.78 Å². The van der Waals surface area contributed by atoms with Crippen LogP contribution in [-0.2, 0) is 4.79 Å². The van der Waals surface area contributed by atoms with Gasteiger partial charge in [0.15, 0.2) is 5.69 Å². The molecule has 18 heavy (non-hydrogen) atoms. The number of hydrogen-bond acceptors (Lipinski definition) is 5. The third kappa shape index (κ3) is 4.77. The summed E-state index contributed by atoms with van der Waals surface area (Å²) in [5.41, 5.74) is -0.133. The molecular weight excluding hydrogens is 236 g/mol. The largest absolute Gasteiger partial charge is 0.476 e. The number of nitrogens with zero attached hydrogens (tertiary/aromatic N) is 2. The lowest BCUT2D eigenvalue weighted by Crippen LogP contribution is -2.31. The van der Waals surface area contributed by atoms with Gasteiger partial charge >= 0.3 is 5.97 Å². The molecule has 1 rings (SSSR count). The van der Waals surface area contributed by atoms with E-state index in [2.05, 4.69) is 20.6 Å². The van der Waals surface area contributed by atoms with Crippen LogP contribution in [0, 0.1) is 0 Å². The Kier molecular flexibility index (Phi) is 5.04. The first-order valence-electron chi connectivity index (χ1n) is 5.57. The zero-order valence-corrected chi connectivity index (χ0v) is 10.3. The predicted molar refractivity (Wildman–Crippen MR) is 65.4 cm³/mol. The Morgan fingerprint density at radius 3 is 2.72 bits per heavy atom. The van der Waals surface area contributed by atoms with Crippen LogP contribution in [0.2, 0.25) is 0 Å². The zero-order valence-electron chi connectivity index (χ0n) is 10.3. The van der Waals surface area contributed by atoms with E-state index in [4.69, 9.17) is 5.11 Å². The number of carboxylic acid groups (broad SMARTS) is 1. The molecule has 1 aromatic heterocycles. The number of nitrogens with one attached hydrogen (secondary N) is 2. The van der Waals surface area contributed by atoms with Crippen LogP contribution in [0.3, 0.4) is 0 Å². The maximum atomic E-state index is 11.3. The van der Waals surface area contributed by atoms with Gasteiger partial charge < -0.3 is 15.7 Å². The zero-order chi connectivity index (χ0) is 13.5. The maximum Gasteiger partial charge on any atom is 0.356 e. The van der Waals surface area contributed by atoms with Crippen molar-refractivity contribution in [1.82, 2.24) is 15.3 Å². The molecule has 0 unspecified atom stereocenters. The number of carbonyl (C=O) groups excluding carboxylic acids is 1. The Balaban J connectivity index is 2.42. The number of anilines is 1. The number of rotatable bonds is 6. The van der Waals surface area contributed by atoms with Gasteiger partial charge in [-0.15, -0.1) is 0 Å². The molecule has 0 radical (unpaired) electrons. The van der Waals surface area contributed by atoms with Gasteiger partial charge in [0, 0.05) is 19.0 Å². The molecule has 1 amide bonds. The van der Waals surface area contributed by atoms with E-state index in [9.17, 15) is 9.59 Å². The summed E-state index contributed by atoms with van der Waals surface area (Å²) in [4.78, 5) is 29.6. The Bertz CT molecular complexity index is 434. The molecule has 7 nitrogen and oxygen atoms in total. The van der Waals surface area contributed by atoms with E-state index in [0.29, 0.717) is 12.4 Å². The minimum Gasteiger partial charge on any atom is -0.476 e. The van der Waals surface area contributed by atoms with Crippen LogP contribution in [0.5, 0.6) is 0 Å². The molecule has 0 bridgehead atoms. The third-order valence-electron chi connectivity index (χ3n) is 1.96. The van der Waals surface area contributed by atoms with Crippen molar-refractivity contribution in [2.75, 3.05) is 11.9 Å². The number of carbonyl (C=O) groups is 2. The van der Waals surface area contributed by atoms with Crippen LogP contribution in [0.1, 0.15) is 30.8 Å². The first-order valence-corrected chi connectivity index (χ1v) is 5.57. The minimum absolute atomic E-state index is 0.0696. The number of amides is 1. The van der Waals surface area contributed by atoms with Gasteiger partial charge in [0.05, 0.1) is 12.4 Å². The fourth-order valence-electron chi connectivity index (χ4n) is 1.25. The van der Waals surface area contributed by atoms with Gasteiger partial charge in [0.1, 0.15) is 5.82 Å². The summed E-state index contributed by atoms with van der Waals surface area (Å²) in [5.74, 6) is -0.865. The molecule has 0 saturated heterocycles. The first kappa shape index (κ1) is 13.9. The molecule has 0 aromatic carbocycles. The Morgan fingerprint density at radius 1 is 1.39 bits per heavy atom. The number of aromatic nitrogens is 2. The van der Waals surface area contributed by atoms with Crippen LogP contribution < -0.4 is 10.6 Å². The molecule has 0 saturated carbocycles. The Labute approximate surface area is 105 Å². The van der Waals surface area contributed by atoms with Crippen LogP contribution in [0.4, 0.5) is 5.82 Å². The van der Waals surface area contributed by atoms with Crippen LogP contribution >= 0.6 is 0 Å². The highest BCUT2D eigenvalue weighted by molar-refractivity contribution is 5.85. The monoisotopic (exact) mass is 252 g/mol. The molecule has 0 aliphatic heterocycles. The van der Waals surface area contributed by atoms with Gasteiger partial charge in [-0.05, 0) is 13.8 Å². The highest BCUT2D eigenvalue weighted by Gasteiger charge is 2.06. The summed E-state index contributed by atoms with van der Waals surface area (Å²) in [6.45, 7) is 4.14. The van der Waals surface area contributed by atoms with E-state index in [1.807, 2.05) is 13.8 Å². The minimum atomic E-state index is -1.14. The van der Waals surface area contributed by atoms with Crippen molar-refractivity contribution >= 4 is 17.7 Å². The van der Waals surface area contributed by atoms with E-state index in [-0.39, 0.29) is 24.1 Å². The van der Waals surface area contributed by atoms with E-state index >= 15 is 0 Å². The molecule has 3 N–H and O–H groups in total.